The molecule has 0 radical (unpaired) electrons. The van der Waals surface area contributed by atoms with Crippen molar-refractivity contribution in [2.75, 3.05) is 0 Å². The van der Waals surface area contributed by atoms with E-state index in [1.165, 1.54) is 12.1 Å². The second-order valence-electron chi connectivity index (χ2n) is 4.70. The van der Waals surface area contributed by atoms with E-state index in [0.29, 0.717) is 6.54 Å². The summed E-state index contributed by atoms with van der Waals surface area (Å²) < 4.78 is 18.9. The highest BCUT2D eigenvalue weighted by Crippen LogP contribution is 2.26. The Morgan fingerprint density at radius 2 is 1.79 bits per heavy atom. The molecule has 0 unspecified atom stereocenters. The summed E-state index contributed by atoms with van der Waals surface area (Å²) in [5.41, 5.74) is 8.39. The summed E-state index contributed by atoms with van der Waals surface area (Å²) in [4.78, 5) is 0. The number of rotatable bonds is 4. The molecule has 3 heteroatoms. The van der Waals surface area contributed by atoms with Gasteiger partial charge in [-0.05, 0) is 54.8 Å². The quantitative estimate of drug-likeness (QED) is 0.907. The minimum atomic E-state index is -0.255. The van der Waals surface area contributed by atoms with Crippen molar-refractivity contribution in [3.05, 3.63) is 53.8 Å². The van der Waals surface area contributed by atoms with Crippen LogP contribution < -0.4 is 10.5 Å². The fourth-order valence-corrected chi connectivity index (χ4v) is 1.98. The zero-order valence-electron chi connectivity index (χ0n) is 11.2. The number of halogens is 1. The van der Waals surface area contributed by atoms with Crippen LogP contribution in [-0.2, 0) is 6.54 Å². The maximum absolute atomic E-state index is 13.4. The van der Waals surface area contributed by atoms with E-state index in [1.807, 2.05) is 38.1 Å². The van der Waals surface area contributed by atoms with E-state index in [-0.39, 0.29) is 11.9 Å². The van der Waals surface area contributed by atoms with Crippen molar-refractivity contribution in [3.8, 4) is 16.9 Å². The molecule has 2 nitrogen and oxygen atoms in total. The maximum atomic E-state index is 13.4. The average molecular weight is 259 g/mol. The Kier molecular flexibility index (Phi) is 4.17. The Labute approximate surface area is 113 Å². The normalized spacial score (nSPS) is 10.8. The highest BCUT2D eigenvalue weighted by molar-refractivity contribution is 5.68. The fraction of sp³-hybridized carbons (Fsp3) is 0.250. The lowest BCUT2D eigenvalue weighted by atomic mass is 9.99. The molecule has 0 aliphatic heterocycles. The van der Waals surface area contributed by atoms with Crippen molar-refractivity contribution >= 4 is 0 Å². The first-order valence-electron chi connectivity index (χ1n) is 6.35. The van der Waals surface area contributed by atoms with Crippen LogP contribution in [0, 0.1) is 5.82 Å². The summed E-state index contributed by atoms with van der Waals surface area (Å²) in [6.07, 6.45) is 0.139. The third-order valence-electron chi connectivity index (χ3n) is 2.83. The molecular weight excluding hydrogens is 241 g/mol. The number of hydrogen-bond donors (Lipinski definition) is 1. The lowest BCUT2D eigenvalue weighted by Gasteiger charge is -2.12. The third kappa shape index (κ3) is 3.32. The van der Waals surface area contributed by atoms with Crippen molar-refractivity contribution in [2.24, 2.45) is 5.73 Å². The minimum Gasteiger partial charge on any atom is -0.491 e. The lowest BCUT2D eigenvalue weighted by molar-refractivity contribution is 0.242. The zero-order chi connectivity index (χ0) is 13.8. The zero-order valence-corrected chi connectivity index (χ0v) is 11.2. The van der Waals surface area contributed by atoms with Crippen molar-refractivity contribution in [1.82, 2.24) is 0 Å². The van der Waals surface area contributed by atoms with Crippen molar-refractivity contribution in [1.29, 1.82) is 0 Å². The van der Waals surface area contributed by atoms with Gasteiger partial charge in [-0.25, -0.2) is 4.39 Å². The van der Waals surface area contributed by atoms with E-state index in [2.05, 4.69) is 0 Å². The Bertz CT molecular complexity index is 549. The SMILES string of the molecule is CC(C)Oc1ccc(-c2cc(F)ccc2CN)cc1. The second-order valence-corrected chi connectivity index (χ2v) is 4.70. The fourth-order valence-electron chi connectivity index (χ4n) is 1.98. The molecular formula is C16H18FNO. The van der Waals surface area contributed by atoms with Crippen molar-refractivity contribution < 1.29 is 9.13 Å². The summed E-state index contributed by atoms with van der Waals surface area (Å²) in [7, 11) is 0. The minimum absolute atomic E-state index is 0.139. The first kappa shape index (κ1) is 13.6. The van der Waals surface area contributed by atoms with E-state index in [9.17, 15) is 4.39 Å². The van der Waals surface area contributed by atoms with E-state index in [1.54, 1.807) is 6.07 Å². The van der Waals surface area contributed by atoms with Crippen LogP contribution in [-0.4, -0.2) is 6.10 Å². The molecule has 0 amide bonds. The van der Waals surface area contributed by atoms with Gasteiger partial charge in [0.1, 0.15) is 11.6 Å². The summed E-state index contributed by atoms with van der Waals surface area (Å²) in [5.74, 6) is 0.555. The van der Waals surface area contributed by atoms with Crippen LogP contribution in [0.4, 0.5) is 4.39 Å². The molecule has 0 saturated carbocycles. The molecule has 2 rings (SSSR count). The number of ether oxygens (including phenoxy) is 1. The van der Waals surface area contributed by atoms with Crippen LogP contribution in [0.15, 0.2) is 42.5 Å². The monoisotopic (exact) mass is 259 g/mol. The van der Waals surface area contributed by atoms with Gasteiger partial charge in [-0.15, -0.1) is 0 Å². The number of benzene rings is 2. The van der Waals surface area contributed by atoms with Crippen LogP contribution in [0.2, 0.25) is 0 Å². The average Bonchev–Trinajstić information content (AvgIpc) is 2.39. The Morgan fingerprint density at radius 1 is 1.11 bits per heavy atom. The Balaban J connectivity index is 2.34. The molecule has 0 fully saturated rings. The molecule has 0 aliphatic rings. The molecule has 2 aromatic rings. The van der Waals surface area contributed by atoms with Crippen molar-refractivity contribution in [2.45, 2.75) is 26.5 Å². The first-order chi connectivity index (χ1) is 9.10. The van der Waals surface area contributed by atoms with Gasteiger partial charge in [-0.1, -0.05) is 18.2 Å². The number of nitrogens with two attached hydrogens (primary N) is 1. The van der Waals surface area contributed by atoms with E-state index in [4.69, 9.17) is 10.5 Å². The number of hydrogen-bond acceptors (Lipinski definition) is 2. The Hall–Kier alpha value is -1.87. The van der Waals surface area contributed by atoms with Crippen LogP contribution in [0.5, 0.6) is 5.75 Å². The molecule has 0 aromatic heterocycles. The van der Waals surface area contributed by atoms with Crippen LogP contribution in [0.3, 0.4) is 0 Å². The van der Waals surface area contributed by atoms with Gasteiger partial charge < -0.3 is 10.5 Å². The molecule has 0 aliphatic carbocycles. The molecule has 2 N–H and O–H groups in total. The maximum Gasteiger partial charge on any atom is 0.123 e. The topological polar surface area (TPSA) is 35.2 Å². The van der Waals surface area contributed by atoms with Gasteiger partial charge in [0.25, 0.3) is 0 Å². The lowest BCUT2D eigenvalue weighted by Crippen LogP contribution is -2.05. The smallest absolute Gasteiger partial charge is 0.123 e. The Morgan fingerprint density at radius 3 is 2.37 bits per heavy atom. The van der Waals surface area contributed by atoms with Gasteiger partial charge in [0, 0.05) is 6.54 Å². The van der Waals surface area contributed by atoms with E-state index >= 15 is 0 Å². The summed E-state index contributed by atoms with van der Waals surface area (Å²) >= 11 is 0. The molecule has 0 saturated heterocycles. The van der Waals surface area contributed by atoms with Crippen LogP contribution in [0.25, 0.3) is 11.1 Å². The highest BCUT2D eigenvalue weighted by Gasteiger charge is 2.06. The van der Waals surface area contributed by atoms with Gasteiger partial charge in [-0.2, -0.15) is 0 Å². The van der Waals surface area contributed by atoms with Gasteiger partial charge in [0.15, 0.2) is 0 Å². The predicted octanol–water partition coefficient (Wildman–Crippen LogP) is 3.74. The largest absolute Gasteiger partial charge is 0.491 e. The van der Waals surface area contributed by atoms with Crippen LogP contribution in [0.1, 0.15) is 19.4 Å². The highest BCUT2D eigenvalue weighted by atomic mass is 19.1. The van der Waals surface area contributed by atoms with E-state index in [0.717, 1.165) is 22.4 Å². The third-order valence-corrected chi connectivity index (χ3v) is 2.83. The predicted molar refractivity (Wildman–Crippen MR) is 75.5 cm³/mol. The van der Waals surface area contributed by atoms with Gasteiger partial charge in [-0.3, -0.25) is 0 Å². The summed E-state index contributed by atoms with van der Waals surface area (Å²) in [6.45, 7) is 4.35. The summed E-state index contributed by atoms with van der Waals surface area (Å²) in [6, 6.07) is 12.3. The van der Waals surface area contributed by atoms with Crippen LogP contribution >= 0.6 is 0 Å². The molecule has 0 heterocycles. The standard InChI is InChI=1S/C16H18FNO/c1-11(2)19-15-7-4-12(5-8-15)16-9-14(17)6-3-13(16)10-18/h3-9,11H,10,18H2,1-2H3. The first-order valence-corrected chi connectivity index (χ1v) is 6.35. The molecule has 100 valence electrons. The summed E-state index contributed by atoms with van der Waals surface area (Å²) in [5, 5.41) is 0. The molecule has 0 atom stereocenters. The second kappa shape index (κ2) is 5.85. The van der Waals surface area contributed by atoms with Gasteiger partial charge in [0.2, 0.25) is 0 Å². The molecule has 19 heavy (non-hydrogen) atoms. The molecule has 0 bridgehead atoms. The molecule has 2 aromatic carbocycles. The van der Waals surface area contributed by atoms with Gasteiger partial charge >= 0.3 is 0 Å². The van der Waals surface area contributed by atoms with E-state index < -0.39 is 0 Å². The van der Waals surface area contributed by atoms with Crippen molar-refractivity contribution in [3.63, 3.8) is 0 Å². The van der Waals surface area contributed by atoms with Gasteiger partial charge in [0.05, 0.1) is 6.10 Å². The molecule has 0 spiro atoms.